The van der Waals surface area contributed by atoms with Crippen LogP contribution in [0.4, 0.5) is 5.95 Å². The Morgan fingerprint density at radius 1 is 1.42 bits per heavy atom. The van der Waals surface area contributed by atoms with Crippen LogP contribution in [0.5, 0.6) is 0 Å². The van der Waals surface area contributed by atoms with E-state index in [-0.39, 0.29) is 39.5 Å². The lowest BCUT2D eigenvalue weighted by molar-refractivity contribution is -0.193. The SMILES string of the molecule is C#CC(O)CNc1nc2c(Cl)cc(SNC3(C)CC3)cc2c(=O)n1C(O)(O)c1cnn(C)c1. The summed E-state index contributed by atoms with van der Waals surface area (Å²) in [6.07, 6.45) is 8.70. The van der Waals surface area contributed by atoms with Crippen molar-refractivity contribution in [3.05, 3.63) is 45.5 Å². The topological polar surface area (TPSA) is 137 Å². The Kier molecular flexibility index (Phi) is 6.17. The van der Waals surface area contributed by atoms with Gasteiger partial charge in [0.05, 0.1) is 34.2 Å². The molecule has 1 aromatic carbocycles. The van der Waals surface area contributed by atoms with E-state index < -0.39 is 17.6 Å². The quantitative estimate of drug-likeness (QED) is 0.178. The van der Waals surface area contributed by atoms with Crippen molar-refractivity contribution >= 4 is 40.4 Å². The van der Waals surface area contributed by atoms with Gasteiger partial charge in [-0.15, -0.1) is 6.42 Å². The summed E-state index contributed by atoms with van der Waals surface area (Å²) < 4.78 is 5.38. The van der Waals surface area contributed by atoms with Gasteiger partial charge in [0, 0.05) is 23.7 Å². The summed E-state index contributed by atoms with van der Waals surface area (Å²) in [6, 6.07) is 3.27. The van der Waals surface area contributed by atoms with E-state index in [1.54, 1.807) is 19.2 Å². The molecule has 0 bridgehead atoms. The monoisotopic (exact) mass is 490 g/mol. The minimum Gasteiger partial charge on any atom is -0.379 e. The number of nitrogens with zero attached hydrogens (tertiary/aromatic N) is 4. The van der Waals surface area contributed by atoms with Gasteiger partial charge in [-0.05, 0) is 43.8 Å². The third kappa shape index (κ3) is 4.72. The Bertz CT molecular complexity index is 1310. The van der Waals surface area contributed by atoms with Crippen molar-refractivity contribution in [3.63, 3.8) is 0 Å². The smallest absolute Gasteiger partial charge is 0.287 e. The number of aryl methyl sites for hydroxylation is 1. The van der Waals surface area contributed by atoms with Crippen LogP contribution in [0.1, 0.15) is 25.3 Å². The fourth-order valence-electron chi connectivity index (χ4n) is 3.13. The summed E-state index contributed by atoms with van der Waals surface area (Å²) in [7, 11) is 1.60. The summed E-state index contributed by atoms with van der Waals surface area (Å²) in [5.74, 6) is -0.901. The van der Waals surface area contributed by atoms with Crippen molar-refractivity contribution in [2.45, 2.75) is 42.2 Å². The zero-order valence-electron chi connectivity index (χ0n) is 17.9. The van der Waals surface area contributed by atoms with Gasteiger partial charge >= 0.3 is 0 Å². The molecule has 1 saturated carbocycles. The first kappa shape index (κ1) is 23.6. The molecule has 0 amide bonds. The molecular formula is C21H23ClN6O4S. The Morgan fingerprint density at radius 2 is 2.15 bits per heavy atom. The van der Waals surface area contributed by atoms with Crippen molar-refractivity contribution in [1.29, 1.82) is 0 Å². The van der Waals surface area contributed by atoms with Crippen LogP contribution in [0, 0.1) is 12.3 Å². The molecule has 0 saturated heterocycles. The highest BCUT2D eigenvalue weighted by Crippen LogP contribution is 2.38. The lowest BCUT2D eigenvalue weighted by atomic mass is 10.2. The molecule has 1 unspecified atom stereocenters. The molecule has 0 radical (unpaired) electrons. The number of terminal acetylenes is 1. The number of fused-ring (bicyclic) bond motifs is 1. The molecule has 5 N–H and O–H groups in total. The number of halogens is 1. The highest BCUT2D eigenvalue weighted by atomic mass is 35.5. The molecule has 10 nitrogen and oxygen atoms in total. The maximum Gasteiger partial charge on any atom is 0.287 e. The summed E-state index contributed by atoms with van der Waals surface area (Å²) in [5, 5.41) is 38.7. The van der Waals surface area contributed by atoms with Crippen molar-refractivity contribution < 1.29 is 15.3 Å². The third-order valence-electron chi connectivity index (χ3n) is 5.37. The van der Waals surface area contributed by atoms with Gasteiger partial charge < -0.3 is 20.6 Å². The van der Waals surface area contributed by atoms with Gasteiger partial charge in [-0.2, -0.15) is 5.10 Å². The molecule has 0 spiro atoms. The van der Waals surface area contributed by atoms with Gasteiger partial charge in [0.2, 0.25) is 5.95 Å². The first-order valence-corrected chi connectivity index (χ1v) is 11.3. The number of hydrogen-bond donors (Lipinski definition) is 5. The summed E-state index contributed by atoms with van der Waals surface area (Å²) >= 11 is 7.79. The van der Waals surface area contributed by atoms with Gasteiger partial charge in [-0.3, -0.25) is 14.2 Å². The standard InChI is InChI=1S/C21H23ClN6O4S/c1-4-13(29)10-23-19-25-17-15(7-14(8-16(17)22)33-26-20(2)5-6-20)18(30)28(19)21(31,32)12-9-24-27(3)11-12/h1,7-9,11,13,26,29,31-32H,5-6,10H2,2-3H3,(H,23,25). The second kappa shape index (κ2) is 8.64. The maximum atomic E-state index is 13.6. The summed E-state index contributed by atoms with van der Waals surface area (Å²) in [6.45, 7) is 1.91. The van der Waals surface area contributed by atoms with E-state index in [0.717, 1.165) is 12.8 Å². The van der Waals surface area contributed by atoms with Gasteiger partial charge in [0.15, 0.2) is 0 Å². The van der Waals surface area contributed by atoms with E-state index in [1.807, 2.05) is 0 Å². The van der Waals surface area contributed by atoms with Crippen molar-refractivity contribution in [2.75, 3.05) is 11.9 Å². The van der Waals surface area contributed by atoms with E-state index >= 15 is 0 Å². The molecule has 1 fully saturated rings. The average molecular weight is 491 g/mol. The number of aliphatic hydroxyl groups is 3. The van der Waals surface area contributed by atoms with Gasteiger partial charge in [-0.25, -0.2) is 9.55 Å². The molecule has 2 heterocycles. The molecule has 1 atom stereocenters. The third-order valence-corrected chi connectivity index (χ3v) is 6.72. The van der Waals surface area contributed by atoms with Crippen LogP contribution in [0.25, 0.3) is 10.9 Å². The lowest BCUT2D eigenvalue weighted by Crippen LogP contribution is -2.44. The zero-order chi connectivity index (χ0) is 24.0. The van der Waals surface area contributed by atoms with Crippen LogP contribution < -0.4 is 15.6 Å². The molecule has 12 heteroatoms. The van der Waals surface area contributed by atoms with E-state index in [1.165, 1.54) is 29.0 Å². The van der Waals surface area contributed by atoms with Crippen LogP contribution in [-0.2, 0) is 13.0 Å². The zero-order valence-corrected chi connectivity index (χ0v) is 19.5. The number of rotatable bonds is 8. The normalized spacial score (nSPS) is 15.9. The van der Waals surface area contributed by atoms with Crippen LogP contribution in [0.3, 0.4) is 0 Å². The lowest BCUT2D eigenvalue weighted by Gasteiger charge is -2.26. The molecule has 1 aliphatic rings. The molecule has 33 heavy (non-hydrogen) atoms. The van der Waals surface area contributed by atoms with Gasteiger partial charge in [0.1, 0.15) is 6.10 Å². The predicted octanol–water partition coefficient (Wildman–Crippen LogP) is 0.982. The van der Waals surface area contributed by atoms with Crippen molar-refractivity contribution in [3.8, 4) is 12.3 Å². The van der Waals surface area contributed by atoms with E-state index in [2.05, 4.69) is 33.0 Å². The molecule has 1 aliphatic carbocycles. The molecule has 2 aromatic heterocycles. The number of benzene rings is 1. The Hall–Kier alpha value is -2.59. The van der Waals surface area contributed by atoms with E-state index in [4.69, 9.17) is 18.0 Å². The Morgan fingerprint density at radius 3 is 2.76 bits per heavy atom. The summed E-state index contributed by atoms with van der Waals surface area (Å²) in [4.78, 5) is 18.6. The van der Waals surface area contributed by atoms with Crippen LogP contribution in [-0.4, -0.2) is 52.8 Å². The highest BCUT2D eigenvalue weighted by molar-refractivity contribution is 7.97. The second-order valence-corrected chi connectivity index (χ2v) is 9.53. The van der Waals surface area contributed by atoms with Crippen LogP contribution in [0.2, 0.25) is 5.02 Å². The highest BCUT2D eigenvalue weighted by Gasteiger charge is 2.37. The van der Waals surface area contributed by atoms with Crippen molar-refractivity contribution in [2.24, 2.45) is 7.05 Å². The Labute approximate surface area is 198 Å². The second-order valence-electron chi connectivity index (χ2n) is 8.24. The minimum absolute atomic E-state index is 0.0435. The summed E-state index contributed by atoms with van der Waals surface area (Å²) in [5.41, 5.74) is -0.608. The number of aromatic nitrogens is 4. The largest absolute Gasteiger partial charge is 0.379 e. The van der Waals surface area contributed by atoms with E-state index in [9.17, 15) is 20.1 Å². The molecular weight excluding hydrogens is 468 g/mol. The Balaban J connectivity index is 1.86. The first-order chi connectivity index (χ1) is 15.5. The fourth-order valence-corrected chi connectivity index (χ4v) is 4.38. The number of anilines is 1. The average Bonchev–Trinajstić information content (AvgIpc) is 3.34. The maximum absolute atomic E-state index is 13.6. The fraction of sp³-hybridized carbons (Fsp3) is 0.381. The van der Waals surface area contributed by atoms with E-state index in [0.29, 0.717) is 9.46 Å². The number of nitrogens with one attached hydrogen (secondary N) is 2. The molecule has 0 aliphatic heterocycles. The number of hydrogen-bond acceptors (Lipinski definition) is 9. The number of aliphatic hydroxyl groups excluding tert-OH is 1. The molecule has 4 rings (SSSR count). The van der Waals surface area contributed by atoms with Crippen LogP contribution >= 0.6 is 23.5 Å². The predicted molar refractivity (Wildman–Crippen MR) is 126 cm³/mol. The molecule has 3 aromatic rings. The van der Waals surface area contributed by atoms with Crippen molar-refractivity contribution in [1.82, 2.24) is 24.1 Å². The molecule has 174 valence electrons. The first-order valence-electron chi connectivity index (χ1n) is 10.1. The van der Waals surface area contributed by atoms with Crippen LogP contribution in [0.15, 0.2) is 34.2 Å². The van der Waals surface area contributed by atoms with Gasteiger partial charge in [-0.1, -0.05) is 17.5 Å². The minimum atomic E-state index is -2.80. The van der Waals surface area contributed by atoms with Gasteiger partial charge in [0.25, 0.3) is 11.5 Å².